The summed E-state index contributed by atoms with van der Waals surface area (Å²) in [6.45, 7) is 2.75. The SMILES string of the molecule is Cc1cc(CN/C=C(/CC(=O)O)C2C=CNN2)cnc1C1CCC1. The predicted molar refractivity (Wildman–Crippen MR) is 91.9 cm³/mol. The third-order valence-corrected chi connectivity index (χ3v) is 4.63. The summed E-state index contributed by atoms with van der Waals surface area (Å²) < 4.78 is 0. The molecule has 0 amide bonds. The average Bonchev–Trinajstić information content (AvgIpc) is 3.01. The van der Waals surface area contributed by atoms with Crippen molar-refractivity contribution in [2.75, 3.05) is 0 Å². The highest BCUT2D eigenvalue weighted by Crippen LogP contribution is 2.36. The van der Waals surface area contributed by atoms with E-state index in [9.17, 15) is 4.79 Å². The van der Waals surface area contributed by atoms with Gasteiger partial charge < -0.3 is 15.8 Å². The number of nitrogens with one attached hydrogen (secondary N) is 3. The Labute approximate surface area is 142 Å². The number of hydrazine groups is 1. The maximum Gasteiger partial charge on any atom is 0.307 e. The van der Waals surface area contributed by atoms with Crippen LogP contribution in [0.1, 0.15) is 48.4 Å². The molecule has 0 radical (unpaired) electrons. The maximum atomic E-state index is 11.0. The number of aliphatic carboxylic acids is 1. The molecule has 6 nitrogen and oxygen atoms in total. The molecule has 1 aliphatic carbocycles. The third kappa shape index (κ3) is 3.94. The predicted octanol–water partition coefficient (Wildman–Crippen LogP) is 2.10. The van der Waals surface area contributed by atoms with Gasteiger partial charge in [-0.3, -0.25) is 9.78 Å². The van der Waals surface area contributed by atoms with Crippen molar-refractivity contribution in [2.45, 2.75) is 51.1 Å². The minimum atomic E-state index is -0.840. The van der Waals surface area contributed by atoms with Gasteiger partial charge in [-0.25, -0.2) is 5.43 Å². The summed E-state index contributed by atoms with van der Waals surface area (Å²) >= 11 is 0. The molecule has 1 saturated carbocycles. The molecule has 1 unspecified atom stereocenters. The second-order valence-corrected chi connectivity index (χ2v) is 6.47. The van der Waals surface area contributed by atoms with E-state index in [4.69, 9.17) is 5.11 Å². The lowest BCUT2D eigenvalue weighted by atomic mass is 9.81. The van der Waals surface area contributed by atoms with Crippen molar-refractivity contribution in [1.82, 2.24) is 21.2 Å². The van der Waals surface area contributed by atoms with Crippen LogP contribution >= 0.6 is 0 Å². The van der Waals surface area contributed by atoms with Crippen LogP contribution < -0.4 is 16.2 Å². The lowest BCUT2D eigenvalue weighted by Crippen LogP contribution is -2.33. The van der Waals surface area contributed by atoms with E-state index >= 15 is 0 Å². The minimum Gasteiger partial charge on any atom is -0.481 e. The van der Waals surface area contributed by atoms with Crippen LogP contribution in [0.2, 0.25) is 0 Å². The Morgan fingerprint density at radius 1 is 1.50 bits per heavy atom. The van der Waals surface area contributed by atoms with Crippen LogP contribution in [-0.4, -0.2) is 22.1 Å². The standard InChI is InChI=1S/C18H24N4O2/c1-12-7-13(10-20-18(12)14-3-2-4-14)9-19-11-15(8-17(23)24)16-5-6-21-22-16/h5-7,10-11,14,16,19,21-22H,2-4,8-9H2,1H3,(H,23,24)/b15-11-. The molecule has 1 fully saturated rings. The zero-order valence-corrected chi connectivity index (χ0v) is 13.9. The van der Waals surface area contributed by atoms with Crippen LogP contribution in [0.3, 0.4) is 0 Å². The fourth-order valence-electron chi connectivity index (χ4n) is 3.12. The van der Waals surface area contributed by atoms with Gasteiger partial charge in [0.1, 0.15) is 0 Å². The highest BCUT2D eigenvalue weighted by Gasteiger charge is 2.22. The Morgan fingerprint density at radius 2 is 2.33 bits per heavy atom. The first kappa shape index (κ1) is 16.5. The highest BCUT2D eigenvalue weighted by molar-refractivity contribution is 5.70. The Kier molecular flexibility index (Phi) is 5.15. The van der Waals surface area contributed by atoms with Gasteiger partial charge in [-0.2, -0.15) is 0 Å². The number of aryl methyl sites for hydroxylation is 1. The van der Waals surface area contributed by atoms with E-state index in [2.05, 4.69) is 34.1 Å². The van der Waals surface area contributed by atoms with Gasteiger partial charge >= 0.3 is 5.97 Å². The number of carboxylic acid groups (broad SMARTS) is 1. The van der Waals surface area contributed by atoms with Crippen molar-refractivity contribution in [1.29, 1.82) is 0 Å². The minimum absolute atomic E-state index is 0.00537. The van der Waals surface area contributed by atoms with Gasteiger partial charge in [-0.05, 0) is 48.7 Å². The fraction of sp³-hybridized carbons (Fsp3) is 0.444. The molecule has 3 rings (SSSR count). The molecule has 2 aliphatic rings. The molecular weight excluding hydrogens is 304 g/mol. The van der Waals surface area contributed by atoms with Gasteiger partial charge in [0.05, 0.1) is 12.5 Å². The maximum absolute atomic E-state index is 11.0. The van der Waals surface area contributed by atoms with Crippen molar-refractivity contribution < 1.29 is 9.90 Å². The van der Waals surface area contributed by atoms with E-state index in [1.807, 2.05) is 12.3 Å². The molecule has 128 valence electrons. The Balaban J connectivity index is 1.61. The molecule has 0 spiro atoms. The topological polar surface area (TPSA) is 86.3 Å². The zero-order chi connectivity index (χ0) is 16.9. The van der Waals surface area contributed by atoms with Crippen molar-refractivity contribution in [3.8, 4) is 0 Å². The van der Waals surface area contributed by atoms with E-state index in [0.29, 0.717) is 12.5 Å². The molecule has 4 N–H and O–H groups in total. The number of aromatic nitrogens is 1. The number of carboxylic acids is 1. The fourth-order valence-corrected chi connectivity index (χ4v) is 3.12. The van der Waals surface area contributed by atoms with Gasteiger partial charge in [0.15, 0.2) is 0 Å². The largest absolute Gasteiger partial charge is 0.481 e. The highest BCUT2D eigenvalue weighted by atomic mass is 16.4. The molecule has 0 bridgehead atoms. The summed E-state index contributed by atoms with van der Waals surface area (Å²) in [6, 6.07) is 2.07. The molecule has 1 aromatic heterocycles. The normalized spacial score (nSPS) is 20.5. The van der Waals surface area contributed by atoms with Crippen LogP contribution in [0.15, 0.2) is 36.3 Å². The van der Waals surface area contributed by atoms with Crippen molar-refractivity contribution in [2.24, 2.45) is 0 Å². The number of pyridine rings is 1. The van der Waals surface area contributed by atoms with Gasteiger partial charge in [0, 0.05) is 30.6 Å². The number of hydrogen-bond donors (Lipinski definition) is 4. The molecular formula is C18H24N4O2. The summed E-state index contributed by atoms with van der Waals surface area (Å²) in [5, 5.41) is 12.3. The van der Waals surface area contributed by atoms with Gasteiger partial charge in [0.25, 0.3) is 0 Å². The molecule has 2 heterocycles. The first-order valence-electron chi connectivity index (χ1n) is 8.40. The Morgan fingerprint density at radius 3 is 2.92 bits per heavy atom. The van der Waals surface area contributed by atoms with Gasteiger partial charge in [0.2, 0.25) is 0 Å². The number of nitrogens with zero attached hydrogens (tertiary/aromatic N) is 1. The van der Waals surface area contributed by atoms with Crippen molar-refractivity contribution in [3.05, 3.63) is 53.1 Å². The number of rotatable bonds is 7. The van der Waals surface area contributed by atoms with E-state index in [1.54, 1.807) is 12.4 Å². The number of hydrogen-bond acceptors (Lipinski definition) is 5. The number of carbonyl (C=O) groups is 1. The molecule has 6 heteroatoms. The second kappa shape index (κ2) is 7.49. The smallest absolute Gasteiger partial charge is 0.307 e. The van der Waals surface area contributed by atoms with Crippen LogP contribution in [-0.2, 0) is 11.3 Å². The molecule has 1 aliphatic heterocycles. The summed E-state index contributed by atoms with van der Waals surface area (Å²) in [5.41, 5.74) is 10.2. The van der Waals surface area contributed by atoms with Crippen molar-refractivity contribution in [3.63, 3.8) is 0 Å². The molecule has 1 atom stereocenters. The molecule has 0 aromatic carbocycles. The molecule has 0 saturated heterocycles. The quantitative estimate of drug-likeness (QED) is 0.613. The Hall–Kier alpha value is -2.34. The Bertz CT molecular complexity index is 665. The van der Waals surface area contributed by atoms with E-state index in [0.717, 1.165) is 11.1 Å². The summed E-state index contributed by atoms with van der Waals surface area (Å²) in [7, 11) is 0. The van der Waals surface area contributed by atoms with E-state index in [1.165, 1.54) is 30.5 Å². The van der Waals surface area contributed by atoms with Crippen LogP contribution in [0.5, 0.6) is 0 Å². The average molecular weight is 328 g/mol. The second-order valence-electron chi connectivity index (χ2n) is 6.47. The zero-order valence-electron chi connectivity index (χ0n) is 13.9. The first-order valence-corrected chi connectivity index (χ1v) is 8.40. The van der Waals surface area contributed by atoms with Crippen LogP contribution in [0, 0.1) is 6.92 Å². The van der Waals surface area contributed by atoms with E-state index in [-0.39, 0.29) is 12.5 Å². The van der Waals surface area contributed by atoms with Gasteiger partial charge in [-0.1, -0.05) is 12.5 Å². The monoisotopic (exact) mass is 328 g/mol. The molecule has 24 heavy (non-hydrogen) atoms. The third-order valence-electron chi connectivity index (χ3n) is 4.63. The summed E-state index contributed by atoms with van der Waals surface area (Å²) in [5.74, 6) is -0.200. The van der Waals surface area contributed by atoms with E-state index < -0.39 is 5.97 Å². The summed E-state index contributed by atoms with van der Waals surface area (Å²) in [6.07, 6.45) is 11.2. The van der Waals surface area contributed by atoms with Crippen LogP contribution in [0.4, 0.5) is 0 Å². The molecule has 1 aromatic rings. The van der Waals surface area contributed by atoms with Crippen LogP contribution in [0.25, 0.3) is 0 Å². The first-order chi connectivity index (χ1) is 11.6. The lowest BCUT2D eigenvalue weighted by molar-refractivity contribution is -0.136. The lowest BCUT2D eigenvalue weighted by Gasteiger charge is -2.26. The van der Waals surface area contributed by atoms with Crippen molar-refractivity contribution >= 4 is 5.97 Å². The van der Waals surface area contributed by atoms with Gasteiger partial charge in [-0.15, -0.1) is 0 Å². The summed E-state index contributed by atoms with van der Waals surface area (Å²) in [4.78, 5) is 15.7.